The molecule has 0 amide bonds. The molecule has 0 atom stereocenters. The average Bonchev–Trinajstić information content (AvgIpc) is 4.27. The van der Waals surface area contributed by atoms with Crippen LogP contribution in [0, 0.1) is 0 Å². The molecule has 0 unspecified atom stereocenters. The highest BCUT2D eigenvalue weighted by molar-refractivity contribution is 6.24. The normalized spacial score (nSPS) is 13.6. The molecular formula is C74H76N4O2. The molecule has 0 fully saturated rings. The number of para-hydroxylation sites is 4. The van der Waals surface area contributed by atoms with Gasteiger partial charge in [-0.2, -0.15) is 0 Å². The fourth-order valence-corrected chi connectivity index (χ4v) is 11.7. The van der Waals surface area contributed by atoms with E-state index in [-0.39, 0.29) is 27.1 Å². The SMILES string of the molecule is CC(C)(C)c1cc(-c2cccc(-c3cc(C(C)(C)C)cc(C(C)(C)C)c3)c2N2CN(c3cccc(Oc4ccc5c6c7oc8ccccc8c7ccc6n(-c6cc(C(C)(C)C)ccn6)c5c4)c3)c3ccccc32)cc(C(C)(C)C)c1. The average molecular weight is 1050 g/mol. The summed E-state index contributed by atoms with van der Waals surface area (Å²) < 4.78 is 16.0. The molecule has 4 heterocycles. The van der Waals surface area contributed by atoms with Crippen LogP contribution in [0.4, 0.5) is 22.7 Å². The number of pyridine rings is 1. The molecule has 0 saturated carbocycles. The molecule has 0 aliphatic carbocycles. The van der Waals surface area contributed by atoms with E-state index in [0.29, 0.717) is 6.67 Å². The fraction of sp³-hybridized carbons (Fsp3) is 0.284. The Labute approximate surface area is 473 Å². The monoisotopic (exact) mass is 1050 g/mol. The van der Waals surface area contributed by atoms with Crippen molar-refractivity contribution >= 4 is 66.5 Å². The van der Waals surface area contributed by atoms with Crippen molar-refractivity contribution in [1.82, 2.24) is 9.55 Å². The second kappa shape index (κ2) is 18.8. The molecule has 80 heavy (non-hydrogen) atoms. The number of aromatic nitrogens is 2. The minimum atomic E-state index is -0.0668. The standard InChI is InChI=1S/C74H76N4O2/c1-70(2,3)48-34-35-75-66(42-48)78-63-33-32-59-58-24-16-19-29-65(58)80-69(59)67(63)60-31-30-55(44-64(60)78)79-54-23-20-22-53(43-54)76-45-77(62-28-18-17-27-61(62)76)68-56(46-36-49(71(4,5)6)40-50(37-46)72(7,8)9)25-21-26-57(68)47-38-51(73(10,11)12)41-52(39-47)74(13,14)15/h16-44H,45H2,1-15H3. The van der Waals surface area contributed by atoms with E-state index in [4.69, 9.17) is 14.1 Å². The summed E-state index contributed by atoms with van der Waals surface area (Å²) in [4.78, 5) is 10.0. The van der Waals surface area contributed by atoms with Crippen LogP contribution in [-0.2, 0) is 27.1 Å². The largest absolute Gasteiger partial charge is 0.457 e. The summed E-state index contributed by atoms with van der Waals surface area (Å²) in [6.07, 6.45) is 1.93. The number of fused-ring (bicyclic) bond motifs is 8. The van der Waals surface area contributed by atoms with Crippen molar-refractivity contribution in [2.75, 3.05) is 16.5 Å². The van der Waals surface area contributed by atoms with Gasteiger partial charge in [-0.15, -0.1) is 0 Å². The third-order valence-electron chi connectivity index (χ3n) is 16.5. The van der Waals surface area contributed by atoms with E-state index >= 15 is 0 Å². The molecule has 6 nitrogen and oxygen atoms in total. The van der Waals surface area contributed by atoms with Crippen LogP contribution < -0.4 is 14.5 Å². The zero-order valence-electron chi connectivity index (χ0n) is 49.6. The summed E-state index contributed by atoms with van der Waals surface area (Å²) in [5.74, 6) is 2.33. The lowest BCUT2D eigenvalue weighted by Crippen LogP contribution is -2.25. The molecular weight excluding hydrogens is 977 g/mol. The zero-order valence-corrected chi connectivity index (χ0v) is 49.6. The maximum absolute atomic E-state index is 7.00. The third kappa shape index (κ3) is 9.40. The van der Waals surface area contributed by atoms with Crippen LogP contribution >= 0.6 is 0 Å². The molecule has 8 aromatic carbocycles. The van der Waals surface area contributed by atoms with E-state index < -0.39 is 0 Å². The van der Waals surface area contributed by atoms with E-state index in [9.17, 15) is 0 Å². The number of rotatable bonds is 7. The van der Waals surface area contributed by atoms with Crippen molar-refractivity contribution in [3.8, 4) is 39.6 Å². The molecule has 404 valence electrons. The van der Waals surface area contributed by atoms with Gasteiger partial charge in [0.2, 0.25) is 0 Å². The minimum absolute atomic E-state index is 0.0534. The molecule has 6 heteroatoms. The van der Waals surface area contributed by atoms with Crippen molar-refractivity contribution < 1.29 is 9.15 Å². The Hall–Kier alpha value is -8.09. The van der Waals surface area contributed by atoms with Gasteiger partial charge in [0.25, 0.3) is 0 Å². The number of furan rings is 1. The molecule has 0 N–H and O–H groups in total. The molecule has 3 aromatic heterocycles. The summed E-state index contributed by atoms with van der Waals surface area (Å²) in [5, 5.41) is 4.32. The Kier molecular flexibility index (Phi) is 12.3. The predicted octanol–water partition coefficient (Wildman–Crippen LogP) is 20.9. The molecule has 1 aliphatic heterocycles. The van der Waals surface area contributed by atoms with E-state index in [1.165, 1.54) is 55.8 Å². The van der Waals surface area contributed by atoms with Crippen LogP contribution in [0.15, 0.2) is 180 Å². The summed E-state index contributed by atoms with van der Waals surface area (Å²) >= 11 is 0. The van der Waals surface area contributed by atoms with Crippen molar-refractivity contribution in [2.45, 2.75) is 131 Å². The smallest absolute Gasteiger partial charge is 0.145 e. The van der Waals surface area contributed by atoms with E-state index in [2.05, 4.69) is 276 Å². The Morgan fingerprint density at radius 2 is 0.963 bits per heavy atom. The Bertz CT molecular complexity index is 4070. The van der Waals surface area contributed by atoms with Gasteiger partial charge >= 0.3 is 0 Å². The second-order valence-corrected chi connectivity index (χ2v) is 27.5. The van der Waals surface area contributed by atoms with Crippen LogP contribution in [0.25, 0.3) is 71.8 Å². The van der Waals surface area contributed by atoms with Gasteiger partial charge < -0.3 is 19.0 Å². The predicted molar refractivity (Wildman–Crippen MR) is 339 cm³/mol. The first-order valence-corrected chi connectivity index (χ1v) is 28.5. The minimum Gasteiger partial charge on any atom is -0.457 e. The summed E-state index contributed by atoms with van der Waals surface area (Å²) in [6, 6.07) is 62.5. The number of benzene rings is 8. The highest BCUT2D eigenvalue weighted by Gasteiger charge is 2.33. The van der Waals surface area contributed by atoms with Gasteiger partial charge in [0.1, 0.15) is 35.2 Å². The van der Waals surface area contributed by atoms with Gasteiger partial charge in [-0.25, -0.2) is 4.98 Å². The van der Waals surface area contributed by atoms with Crippen LogP contribution in [-0.4, -0.2) is 16.2 Å². The first-order valence-electron chi connectivity index (χ1n) is 28.5. The summed E-state index contributed by atoms with van der Waals surface area (Å²) in [7, 11) is 0. The number of ether oxygens (including phenoxy) is 1. The van der Waals surface area contributed by atoms with E-state index in [1.54, 1.807) is 0 Å². The molecule has 0 radical (unpaired) electrons. The van der Waals surface area contributed by atoms with E-state index in [1.807, 2.05) is 18.3 Å². The lowest BCUT2D eigenvalue weighted by atomic mass is 9.77. The van der Waals surface area contributed by atoms with Crippen molar-refractivity contribution in [2.24, 2.45) is 0 Å². The maximum atomic E-state index is 7.00. The highest BCUT2D eigenvalue weighted by Crippen LogP contribution is 2.52. The Balaban J connectivity index is 0.990. The number of nitrogens with zero attached hydrogens (tertiary/aromatic N) is 4. The Morgan fingerprint density at radius 1 is 0.425 bits per heavy atom. The fourth-order valence-electron chi connectivity index (χ4n) is 11.7. The van der Waals surface area contributed by atoms with Crippen molar-refractivity contribution in [1.29, 1.82) is 0 Å². The Morgan fingerprint density at radius 3 is 1.56 bits per heavy atom. The number of hydrogen-bond donors (Lipinski definition) is 0. The van der Waals surface area contributed by atoms with Crippen LogP contribution in [0.1, 0.15) is 132 Å². The van der Waals surface area contributed by atoms with Crippen LogP contribution in [0.5, 0.6) is 11.5 Å². The first kappa shape index (κ1) is 52.6. The lowest BCUT2D eigenvalue weighted by molar-refractivity contribution is 0.483. The van der Waals surface area contributed by atoms with Gasteiger partial charge in [0.05, 0.1) is 33.5 Å². The summed E-state index contributed by atoms with van der Waals surface area (Å²) in [6.45, 7) is 35.3. The van der Waals surface area contributed by atoms with Gasteiger partial charge in [0, 0.05) is 51.3 Å². The topological polar surface area (TPSA) is 46.7 Å². The van der Waals surface area contributed by atoms with E-state index in [0.717, 1.165) is 78.1 Å². The van der Waals surface area contributed by atoms with Crippen molar-refractivity contribution in [3.05, 3.63) is 204 Å². The highest BCUT2D eigenvalue weighted by atomic mass is 16.5. The molecule has 11 aromatic rings. The number of hydrogen-bond acceptors (Lipinski definition) is 5. The molecule has 0 spiro atoms. The molecule has 0 saturated heterocycles. The molecule has 1 aliphatic rings. The van der Waals surface area contributed by atoms with Crippen LogP contribution in [0.2, 0.25) is 0 Å². The molecule has 0 bridgehead atoms. The number of anilines is 4. The molecule has 12 rings (SSSR count). The summed E-state index contributed by atoms with van der Waals surface area (Å²) in [5.41, 5.74) is 19.4. The first-order chi connectivity index (χ1) is 37.8. The van der Waals surface area contributed by atoms with Crippen LogP contribution in [0.3, 0.4) is 0 Å². The lowest BCUT2D eigenvalue weighted by Gasteiger charge is -2.31. The third-order valence-corrected chi connectivity index (χ3v) is 16.5. The van der Waals surface area contributed by atoms with Crippen molar-refractivity contribution in [3.63, 3.8) is 0 Å². The zero-order chi connectivity index (χ0) is 56.4. The van der Waals surface area contributed by atoms with Gasteiger partial charge in [0.15, 0.2) is 0 Å². The van der Waals surface area contributed by atoms with Gasteiger partial charge in [-0.1, -0.05) is 195 Å². The maximum Gasteiger partial charge on any atom is 0.145 e. The second-order valence-electron chi connectivity index (χ2n) is 27.5. The van der Waals surface area contributed by atoms with Gasteiger partial charge in [-0.05, 0) is 133 Å². The van der Waals surface area contributed by atoms with Gasteiger partial charge in [-0.3, -0.25) is 4.57 Å². The quantitative estimate of drug-likeness (QED) is 0.159.